The van der Waals surface area contributed by atoms with Gasteiger partial charge in [-0.15, -0.1) is 0 Å². The number of hydrogen-bond donors (Lipinski definition) is 1. The van der Waals surface area contributed by atoms with Crippen molar-refractivity contribution in [1.29, 1.82) is 0 Å². The number of nitrogens with zero attached hydrogens (tertiary/aromatic N) is 1. The van der Waals surface area contributed by atoms with Crippen LogP contribution in [0.1, 0.15) is 21.5 Å². The monoisotopic (exact) mass is 392 g/mol. The summed E-state index contributed by atoms with van der Waals surface area (Å²) < 4.78 is 0. The molecule has 0 unspecified atom stereocenters. The molecule has 0 aliphatic rings. The molecule has 0 spiro atoms. The molecule has 1 N–H and O–H groups in total. The first-order chi connectivity index (χ1) is 13.5. The molecule has 144 valence electrons. The quantitative estimate of drug-likeness (QED) is 0.636. The highest BCUT2D eigenvalue weighted by molar-refractivity contribution is 6.30. The van der Waals surface area contributed by atoms with Crippen LogP contribution >= 0.6 is 11.6 Å². The van der Waals surface area contributed by atoms with Gasteiger partial charge in [-0.2, -0.15) is 0 Å². The van der Waals surface area contributed by atoms with Gasteiger partial charge in [0.05, 0.1) is 5.41 Å². The second-order valence-corrected chi connectivity index (χ2v) is 7.68. The van der Waals surface area contributed by atoms with Gasteiger partial charge < -0.3 is 10.2 Å². The van der Waals surface area contributed by atoms with Crippen molar-refractivity contribution in [3.05, 3.63) is 107 Å². The van der Waals surface area contributed by atoms with Crippen molar-refractivity contribution < 1.29 is 4.79 Å². The van der Waals surface area contributed by atoms with E-state index in [2.05, 4.69) is 48.6 Å². The van der Waals surface area contributed by atoms with Crippen LogP contribution < -0.4 is 5.32 Å². The number of nitrogens with one attached hydrogen (secondary N) is 1. The Labute approximate surface area is 172 Å². The highest BCUT2D eigenvalue weighted by Gasteiger charge is 2.35. The van der Waals surface area contributed by atoms with Gasteiger partial charge >= 0.3 is 0 Å². The Balaban J connectivity index is 1.97. The van der Waals surface area contributed by atoms with Crippen molar-refractivity contribution in [2.75, 3.05) is 27.2 Å². The fourth-order valence-corrected chi connectivity index (χ4v) is 3.72. The van der Waals surface area contributed by atoms with E-state index in [0.29, 0.717) is 17.1 Å². The highest BCUT2D eigenvalue weighted by atomic mass is 35.5. The minimum Gasteiger partial charge on any atom is -0.351 e. The van der Waals surface area contributed by atoms with Crippen molar-refractivity contribution in [3.8, 4) is 0 Å². The summed E-state index contributed by atoms with van der Waals surface area (Å²) in [7, 11) is 4.11. The van der Waals surface area contributed by atoms with Crippen molar-refractivity contribution in [1.82, 2.24) is 10.2 Å². The van der Waals surface area contributed by atoms with E-state index in [0.717, 1.165) is 6.54 Å². The standard InChI is InChI=1S/C24H25ClN2O/c1-27(2)18-24(20-9-5-3-6-10-20,21-11-7-4-8-12-21)17-26-23(28)19-13-15-22(25)16-14-19/h3-16H,17-18H2,1-2H3,(H,26,28). The summed E-state index contributed by atoms with van der Waals surface area (Å²) >= 11 is 5.95. The van der Waals surface area contributed by atoms with Crippen LogP contribution in [-0.2, 0) is 5.41 Å². The Bertz CT molecular complexity index is 853. The lowest BCUT2D eigenvalue weighted by atomic mass is 9.73. The van der Waals surface area contributed by atoms with Crippen LogP contribution in [0, 0.1) is 0 Å². The molecule has 0 atom stereocenters. The average molecular weight is 393 g/mol. The molecule has 0 aromatic heterocycles. The molecular weight excluding hydrogens is 368 g/mol. The van der Waals surface area contributed by atoms with Gasteiger partial charge in [-0.05, 0) is 49.5 Å². The zero-order valence-corrected chi connectivity index (χ0v) is 17.0. The highest BCUT2D eigenvalue weighted by Crippen LogP contribution is 2.32. The lowest BCUT2D eigenvalue weighted by Gasteiger charge is -2.37. The third-order valence-corrected chi connectivity index (χ3v) is 5.15. The maximum atomic E-state index is 12.8. The van der Waals surface area contributed by atoms with E-state index in [1.165, 1.54) is 11.1 Å². The summed E-state index contributed by atoms with van der Waals surface area (Å²) in [5.41, 5.74) is 2.58. The first kappa shape index (κ1) is 20.1. The van der Waals surface area contributed by atoms with Gasteiger partial charge in [-0.3, -0.25) is 4.79 Å². The summed E-state index contributed by atoms with van der Waals surface area (Å²) in [6.45, 7) is 1.25. The van der Waals surface area contributed by atoms with E-state index >= 15 is 0 Å². The second kappa shape index (κ2) is 9.05. The van der Waals surface area contributed by atoms with Crippen LogP contribution in [0.5, 0.6) is 0 Å². The van der Waals surface area contributed by atoms with E-state index in [-0.39, 0.29) is 11.3 Å². The average Bonchev–Trinajstić information content (AvgIpc) is 2.72. The topological polar surface area (TPSA) is 32.3 Å². The molecule has 3 aromatic rings. The molecule has 28 heavy (non-hydrogen) atoms. The summed E-state index contributed by atoms with van der Waals surface area (Å²) in [4.78, 5) is 14.9. The third kappa shape index (κ3) is 4.61. The van der Waals surface area contributed by atoms with Gasteiger partial charge in [0.15, 0.2) is 0 Å². The van der Waals surface area contributed by atoms with Crippen LogP contribution in [0.3, 0.4) is 0 Å². The SMILES string of the molecule is CN(C)CC(CNC(=O)c1ccc(Cl)cc1)(c1ccccc1)c1ccccc1. The maximum absolute atomic E-state index is 12.8. The molecule has 4 heteroatoms. The number of carbonyl (C=O) groups excluding carboxylic acids is 1. The zero-order chi connectivity index (χ0) is 20.0. The molecule has 0 saturated heterocycles. The smallest absolute Gasteiger partial charge is 0.251 e. The van der Waals surface area contributed by atoms with Gasteiger partial charge in [0, 0.05) is 23.7 Å². The number of carbonyl (C=O) groups is 1. The first-order valence-electron chi connectivity index (χ1n) is 9.31. The number of rotatable bonds is 7. The lowest BCUT2D eigenvalue weighted by molar-refractivity contribution is 0.0943. The van der Waals surface area contributed by atoms with Gasteiger partial charge in [-0.25, -0.2) is 0 Å². The van der Waals surface area contributed by atoms with Crippen LogP contribution in [0.2, 0.25) is 5.02 Å². The van der Waals surface area contributed by atoms with Crippen molar-refractivity contribution in [3.63, 3.8) is 0 Å². The van der Waals surface area contributed by atoms with E-state index < -0.39 is 0 Å². The van der Waals surface area contributed by atoms with Gasteiger partial charge in [-0.1, -0.05) is 72.3 Å². The van der Waals surface area contributed by atoms with Crippen LogP contribution in [-0.4, -0.2) is 38.0 Å². The Kier molecular flexibility index (Phi) is 6.50. The molecular formula is C24H25ClN2O. The van der Waals surface area contributed by atoms with Gasteiger partial charge in [0.1, 0.15) is 0 Å². The molecule has 0 aliphatic carbocycles. The van der Waals surface area contributed by atoms with E-state index in [4.69, 9.17) is 11.6 Å². The number of hydrogen-bond acceptors (Lipinski definition) is 2. The molecule has 0 aliphatic heterocycles. The minimum atomic E-state index is -0.367. The molecule has 0 heterocycles. The fraction of sp³-hybridized carbons (Fsp3) is 0.208. The summed E-state index contributed by atoms with van der Waals surface area (Å²) in [5.74, 6) is -0.105. The number of halogens is 1. The largest absolute Gasteiger partial charge is 0.351 e. The Hall–Kier alpha value is -2.62. The van der Waals surface area contributed by atoms with E-state index in [1.54, 1.807) is 24.3 Å². The fourth-order valence-electron chi connectivity index (χ4n) is 3.60. The first-order valence-corrected chi connectivity index (χ1v) is 9.69. The van der Waals surface area contributed by atoms with E-state index in [9.17, 15) is 4.79 Å². The number of benzene rings is 3. The predicted octanol–water partition coefficient (Wildman–Crippen LogP) is 4.62. The predicted molar refractivity (Wildman–Crippen MR) is 116 cm³/mol. The molecule has 0 fully saturated rings. The summed E-state index contributed by atoms with van der Waals surface area (Å²) in [6, 6.07) is 27.7. The number of amides is 1. The second-order valence-electron chi connectivity index (χ2n) is 7.24. The molecule has 3 aromatic carbocycles. The van der Waals surface area contributed by atoms with Crippen molar-refractivity contribution >= 4 is 17.5 Å². The third-order valence-electron chi connectivity index (χ3n) is 4.90. The maximum Gasteiger partial charge on any atom is 0.251 e. The molecule has 3 nitrogen and oxygen atoms in total. The molecule has 0 saturated carbocycles. The Morgan fingerprint density at radius 1 is 0.857 bits per heavy atom. The van der Waals surface area contributed by atoms with Crippen LogP contribution in [0.15, 0.2) is 84.9 Å². The molecule has 1 amide bonds. The van der Waals surface area contributed by atoms with Crippen LogP contribution in [0.25, 0.3) is 0 Å². The van der Waals surface area contributed by atoms with Crippen molar-refractivity contribution in [2.24, 2.45) is 0 Å². The Morgan fingerprint density at radius 3 is 1.82 bits per heavy atom. The normalized spacial score (nSPS) is 11.4. The van der Waals surface area contributed by atoms with Gasteiger partial charge in [0.2, 0.25) is 0 Å². The molecule has 0 bridgehead atoms. The summed E-state index contributed by atoms with van der Waals surface area (Å²) in [6.07, 6.45) is 0. The summed E-state index contributed by atoms with van der Waals surface area (Å²) in [5, 5.41) is 3.77. The molecule has 0 radical (unpaired) electrons. The van der Waals surface area contributed by atoms with Gasteiger partial charge in [0.25, 0.3) is 5.91 Å². The Morgan fingerprint density at radius 2 is 1.36 bits per heavy atom. The molecule has 3 rings (SSSR count). The van der Waals surface area contributed by atoms with Crippen LogP contribution in [0.4, 0.5) is 0 Å². The number of likely N-dealkylation sites (N-methyl/N-ethyl adjacent to an activating group) is 1. The van der Waals surface area contributed by atoms with Crippen molar-refractivity contribution in [2.45, 2.75) is 5.41 Å². The minimum absolute atomic E-state index is 0.105. The van der Waals surface area contributed by atoms with E-state index in [1.807, 2.05) is 36.4 Å². The zero-order valence-electron chi connectivity index (χ0n) is 16.2. The lowest BCUT2D eigenvalue weighted by Crippen LogP contribution is -2.48.